The van der Waals surface area contributed by atoms with Gasteiger partial charge in [-0.1, -0.05) is 36.0 Å². The molecule has 26 heavy (non-hydrogen) atoms. The molecule has 1 aromatic rings. The van der Waals surface area contributed by atoms with Gasteiger partial charge in [-0.2, -0.15) is 0 Å². The van der Waals surface area contributed by atoms with Gasteiger partial charge in [-0.15, -0.1) is 0 Å². The number of anilines is 1. The van der Waals surface area contributed by atoms with Crippen molar-refractivity contribution in [3.05, 3.63) is 40.1 Å². The number of aliphatic hydroxyl groups excluding tert-OH is 1. The Morgan fingerprint density at radius 3 is 2.65 bits per heavy atom. The lowest BCUT2D eigenvalue weighted by Crippen LogP contribution is -2.46. The third-order valence-electron chi connectivity index (χ3n) is 3.60. The molecule has 2 N–H and O–H groups in total. The molecule has 0 fully saturated rings. The zero-order chi connectivity index (χ0) is 19.6. The third kappa shape index (κ3) is 4.53. The van der Waals surface area contributed by atoms with Gasteiger partial charge in [0, 0.05) is 13.0 Å². The summed E-state index contributed by atoms with van der Waals surface area (Å²) in [6.07, 6.45) is -0.673. The van der Waals surface area contributed by atoms with Crippen LogP contribution in [0.15, 0.2) is 29.5 Å². The first kappa shape index (κ1) is 20.2. The van der Waals surface area contributed by atoms with Crippen molar-refractivity contribution in [3.63, 3.8) is 0 Å². The van der Waals surface area contributed by atoms with Gasteiger partial charge in [-0.05, 0) is 39.3 Å². The summed E-state index contributed by atoms with van der Waals surface area (Å²) in [6.45, 7) is 6.98. The standard InChI is InChI=1S/C18H21ClN2O4S/c1-10-6-5-7-11(14(10)19)20-15(26)13-12(22)8-9-21(16(13)23)17(24)25-18(2,3)4/h5-7,22H,8-9H2,1-4H3,(H,20,26). The van der Waals surface area contributed by atoms with Gasteiger partial charge >= 0.3 is 6.09 Å². The van der Waals surface area contributed by atoms with Crippen molar-refractivity contribution >= 4 is 46.5 Å². The molecule has 0 saturated heterocycles. The lowest BCUT2D eigenvalue weighted by atomic mass is 10.1. The molecule has 2 rings (SSSR count). The van der Waals surface area contributed by atoms with Crippen LogP contribution in [-0.2, 0) is 9.53 Å². The first-order valence-electron chi connectivity index (χ1n) is 8.04. The number of aliphatic hydroxyl groups is 1. The lowest BCUT2D eigenvalue weighted by molar-refractivity contribution is -0.126. The average molecular weight is 397 g/mol. The molecule has 0 spiro atoms. The Bertz CT molecular complexity index is 799. The van der Waals surface area contributed by atoms with Crippen LogP contribution in [0.3, 0.4) is 0 Å². The van der Waals surface area contributed by atoms with Crippen LogP contribution in [0.1, 0.15) is 32.8 Å². The molecule has 2 amide bonds. The predicted molar refractivity (Wildman–Crippen MR) is 105 cm³/mol. The van der Waals surface area contributed by atoms with E-state index in [0.717, 1.165) is 10.5 Å². The smallest absolute Gasteiger partial charge is 0.417 e. The van der Waals surface area contributed by atoms with E-state index < -0.39 is 17.6 Å². The number of carbonyl (C=O) groups excluding carboxylic acids is 2. The molecule has 0 aliphatic carbocycles. The largest absolute Gasteiger partial charge is 0.511 e. The van der Waals surface area contributed by atoms with E-state index in [1.807, 2.05) is 13.0 Å². The Labute approximate surface area is 162 Å². The maximum Gasteiger partial charge on any atom is 0.417 e. The molecule has 1 aromatic carbocycles. The van der Waals surface area contributed by atoms with Gasteiger partial charge in [0.05, 0.1) is 10.7 Å². The van der Waals surface area contributed by atoms with Gasteiger partial charge in [0.2, 0.25) is 0 Å². The van der Waals surface area contributed by atoms with E-state index >= 15 is 0 Å². The second-order valence-electron chi connectivity index (χ2n) is 6.90. The molecule has 6 nitrogen and oxygen atoms in total. The van der Waals surface area contributed by atoms with E-state index in [-0.39, 0.29) is 29.3 Å². The number of aryl methyl sites for hydroxylation is 1. The Morgan fingerprint density at radius 1 is 1.38 bits per heavy atom. The lowest BCUT2D eigenvalue weighted by Gasteiger charge is -2.29. The minimum absolute atomic E-state index is 0.00624. The highest BCUT2D eigenvalue weighted by Gasteiger charge is 2.36. The number of amides is 2. The number of hydrogen-bond donors (Lipinski definition) is 2. The van der Waals surface area contributed by atoms with Gasteiger partial charge < -0.3 is 15.2 Å². The van der Waals surface area contributed by atoms with Crippen molar-refractivity contribution in [3.8, 4) is 0 Å². The van der Waals surface area contributed by atoms with Crippen molar-refractivity contribution in [1.82, 2.24) is 4.90 Å². The minimum atomic E-state index is -0.774. The van der Waals surface area contributed by atoms with Crippen LogP contribution < -0.4 is 5.32 Å². The van der Waals surface area contributed by atoms with Crippen LogP contribution in [-0.4, -0.2) is 39.1 Å². The normalized spacial score (nSPS) is 15.1. The van der Waals surface area contributed by atoms with E-state index in [9.17, 15) is 14.7 Å². The van der Waals surface area contributed by atoms with Gasteiger partial charge in [-0.25, -0.2) is 9.69 Å². The van der Waals surface area contributed by atoms with Crippen LogP contribution in [0.25, 0.3) is 0 Å². The van der Waals surface area contributed by atoms with E-state index in [0.29, 0.717) is 10.7 Å². The van der Waals surface area contributed by atoms with E-state index in [2.05, 4.69) is 5.32 Å². The molecule has 8 heteroatoms. The Hall–Kier alpha value is -2.12. The highest BCUT2D eigenvalue weighted by Crippen LogP contribution is 2.27. The number of carbonyl (C=O) groups is 2. The number of halogens is 1. The highest BCUT2D eigenvalue weighted by molar-refractivity contribution is 7.81. The second-order valence-corrected chi connectivity index (χ2v) is 7.69. The topological polar surface area (TPSA) is 78.9 Å². The summed E-state index contributed by atoms with van der Waals surface area (Å²) in [6, 6.07) is 5.33. The first-order valence-corrected chi connectivity index (χ1v) is 8.83. The van der Waals surface area contributed by atoms with Crippen LogP contribution in [0.4, 0.5) is 10.5 Å². The highest BCUT2D eigenvalue weighted by atomic mass is 35.5. The first-order chi connectivity index (χ1) is 12.0. The van der Waals surface area contributed by atoms with E-state index in [1.54, 1.807) is 32.9 Å². The van der Waals surface area contributed by atoms with Gasteiger partial charge in [0.25, 0.3) is 5.91 Å². The molecular weight excluding hydrogens is 376 g/mol. The fourth-order valence-electron chi connectivity index (χ4n) is 2.35. The fourth-order valence-corrected chi connectivity index (χ4v) is 2.84. The third-order valence-corrected chi connectivity index (χ3v) is 4.41. The van der Waals surface area contributed by atoms with Gasteiger partial charge in [-0.3, -0.25) is 4.79 Å². The molecule has 1 aliphatic heterocycles. The molecule has 1 heterocycles. The van der Waals surface area contributed by atoms with Crippen molar-refractivity contribution < 1.29 is 19.4 Å². The molecule has 0 saturated carbocycles. The minimum Gasteiger partial charge on any atom is -0.511 e. The summed E-state index contributed by atoms with van der Waals surface area (Å²) in [7, 11) is 0. The molecule has 0 unspecified atom stereocenters. The molecule has 0 bridgehead atoms. The average Bonchev–Trinajstić information content (AvgIpc) is 2.50. The number of rotatable bonds is 2. The van der Waals surface area contributed by atoms with Crippen molar-refractivity contribution in [1.29, 1.82) is 0 Å². The molecule has 1 aliphatic rings. The molecule has 0 atom stereocenters. The fraction of sp³-hybridized carbons (Fsp3) is 0.389. The molecule has 0 aromatic heterocycles. The summed E-state index contributed by atoms with van der Waals surface area (Å²) in [4.78, 5) is 25.9. The quantitative estimate of drug-likeness (QED) is 0.723. The second kappa shape index (κ2) is 7.63. The molecule has 0 radical (unpaired) electrons. The number of imide groups is 1. The van der Waals surface area contributed by atoms with Crippen LogP contribution in [0.5, 0.6) is 0 Å². The van der Waals surface area contributed by atoms with E-state index in [4.69, 9.17) is 28.6 Å². The summed E-state index contributed by atoms with van der Waals surface area (Å²) in [5, 5.41) is 13.5. The van der Waals surface area contributed by atoms with Gasteiger partial charge in [0.1, 0.15) is 21.9 Å². The number of thiocarbonyl (C=S) groups is 1. The summed E-state index contributed by atoms with van der Waals surface area (Å²) < 4.78 is 5.24. The number of nitrogens with zero attached hydrogens (tertiary/aromatic N) is 1. The monoisotopic (exact) mass is 396 g/mol. The van der Waals surface area contributed by atoms with Gasteiger partial charge in [0.15, 0.2) is 0 Å². The Morgan fingerprint density at radius 2 is 2.04 bits per heavy atom. The molecular formula is C18H21ClN2O4S. The molecule has 140 valence electrons. The maximum absolute atomic E-state index is 12.7. The number of nitrogens with one attached hydrogen (secondary N) is 1. The van der Waals surface area contributed by atoms with Crippen LogP contribution in [0.2, 0.25) is 5.02 Å². The summed E-state index contributed by atoms with van der Waals surface area (Å²) in [5.41, 5.74) is 0.478. The summed E-state index contributed by atoms with van der Waals surface area (Å²) in [5.74, 6) is -0.875. The number of hydrogen-bond acceptors (Lipinski definition) is 5. The maximum atomic E-state index is 12.7. The van der Waals surface area contributed by atoms with Crippen molar-refractivity contribution in [2.24, 2.45) is 0 Å². The van der Waals surface area contributed by atoms with Crippen LogP contribution in [0, 0.1) is 6.92 Å². The Kier molecular flexibility index (Phi) is 5.93. The van der Waals surface area contributed by atoms with E-state index in [1.165, 1.54) is 0 Å². The summed E-state index contributed by atoms with van der Waals surface area (Å²) >= 11 is 11.5. The van der Waals surface area contributed by atoms with Crippen LogP contribution >= 0.6 is 23.8 Å². The predicted octanol–water partition coefficient (Wildman–Crippen LogP) is 4.37. The SMILES string of the molecule is Cc1cccc(NC(=S)C2=C(O)CCN(C(=O)OC(C)(C)C)C2=O)c1Cl. The zero-order valence-corrected chi connectivity index (χ0v) is 16.6. The number of benzene rings is 1. The van der Waals surface area contributed by atoms with Crippen molar-refractivity contribution in [2.75, 3.05) is 11.9 Å². The Balaban J connectivity index is 2.24. The number of ether oxygens (including phenoxy) is 1. The zero-order valence-electron chi connectivity index (χ0n) is 15.1. The van der Waals surface area contributed by atoms with Crippen molar-refractivity contribution in [2.45, 2.75) is 39.7 Å².